The molecule has 0 spiro atoms. The van der Waals surface area contributed by atoms with Crippen LogP contribution in [0.25, 0.3) is 0 Å². The van der Waals surface area contributed by atoms with Crippen molar-refractivity contribution in [2.24, 2.45) is 28.6 Å². The van der Waals surface area contributed by atoms with Gasteiger partial charge in [-0.25, -0.2) is 4.79 Å². The van der Waals surface area contributed by atoms with Crippen LogP contribution in [0.2, 0.25) is 0 Å². The van der Waals surface area contributed by atoms with Crippen molar-refractivity contribution in [1.29, 1.82) is 0 Å². The van der Waals surface area contributed by atoms with Crippen LogP contribution in [0.4, 0.5) is 0 Å². The number of aliphatic hydroxyl groups is 1. The van der Waals surface area contributed by atoms with Gasteiger partial charge in [0.2, 0.25) is 0 Å². The fourth-order valence-corrected chi connectivity index (χ4v) is 7.91. The summed E-state index contributed by atoms with van der Waals surface area (Å²) in [5, 5.41) is 11.7. The molecule has 7 nitrogen and oxygen atoms in total. The summed E-state index contributed by atoms with van der Waals surface area (Å²) in [6, 6.07) is 1.21. The van der Waals surface area contributed by atoms with Crippen molar-refractivity contribution in [3.8, 4) is 0 Å². The average molecular weight is 441 g/mol. The van der Waals surface area contributed by atoms with E-state index in [0.29, 0.717) is 24.7 Å². The molecule has 4 aliphatic rings. The number of aromatic amines is 1. The van der Waals surface area contributed by atoms with Crippen LogP contribution in [0.3, 0.4) is 0 Å². The third-order valence-corrected chi connectivity index (χ3v) is 9.82. The van der Waals surface area contributed by atoms with E-state index in [4.69, 9.17) is 0 Å². The minimum Gasteiger partial charge on any atom is -0.381 e. The van der Waals surface area contributed by atoms with Gasteiger partial charge in [-0.1, -0.05) is 19.4 Å². The standard InChI is InChI=1S/C25H32N2O5/c1-23-9-5-16(28)13-15(23)3-4-17-18(23)6-10-24(2)19(17)7-11-25(24,32)20(29)14-27-21(30)8-12-26-22(27)31/h8,12-13,17-19,32H,3-7,9-11,14H2,1-2H3,(H,26,31). The molecule has 0 amide bonds. The third kappa shape index (κ3) is 2.82. The van der Waals surface area contributed by atoms with Crippen molar-refractivity contribution in [1.82, 2.24) is 9.55 Å². The second-order valence-electron chi connectivity index (χ2n) is 11.0. The lowest BCUT2D eigenvalue weighted by Crippen LogP contribution is -2.58. The van der Waals surface area contributed by atoms with Crippen molar-refractivity contribution >= 4 is 11.6 Å². The number of H-pyrrole nitrogens is 1. The molecule has 1 aromatic rings. The third-order valence-electron chi connectivity index (χ3n) is 9.82. The van der Waals surface area contributed by atoms with E-state index in [-0.39, 0.29) is 17.1 Å². The summed E-state index contributed by atoms with van der Waals surface area (Å²) in [7, 11) is 0. The highest BCUT2D eigenvalue weighted by atomic mass is 16.3. The van der Waals surface area contributed by atoms with E-state index in [0.717, 1.165) is 43.1 Å². The summed E-state index contributed by atoms with van der Waals surface area (Å²) < 4.78 is 0.875. The van der Waals surface area contributed by atoms with Crippen molar-refractivity contribution in [3.63, 3.8) is 0 Å². The maximum absolute atomic E-state index is 13.4. The van der Waals surface area contributed by atoms with E-state index in [1.54, 1.807) is 0 Å². The van der Waals surface area contributed by atoms with Crippen LogP contribution in [-0.2, 0) is 16.1 Å². The van der Waals surface area contributed by atoms with Crippen LogP contribution in [0.15, 0.2) is 33.5 Å². The Bertz CT molecular complexity index is 1100. The van der Waals surface area contributed by atoms with Gasteiger partial charge in [0.1, 0.15) is 5.60 Å². The normalized spacial score (nSPS) is 40.8. The number of Topliss-reactive ketones (excluding diaryl/α,β-unsaturated/α-hetero) is 1. The van der Waals surface area contributed by atoms with Crippen molar-refractivity contribution < 1.29 is 14.7 Å². The Morgan fingerprint density at radius 1 is 1.09 bits per heavy atom. The summed E-state index contributed by atoms with van der Waals surface area (Å²) in [6.45, 7) is 3.94. The van der Waals surface area contributed by atoms with Crippen LogP contribution in [0.1, 0.15) is 65.2 Å². The van der Waals surface area contributed by atoms with Gasteiger partial charge in [0.05, 0.1) is 6.54 Å². The van der Waals surface area contributed by atoms with Gasteiger partial charge in [-0.2, -0.15) is 0 Å². The number of nitrogens with zero attached hydrogens (tertiary/aromatic N) is 1. The highest BCUT2D eigenvalue weighted by Gasteiger charge is 2.66. The molecule has 6 unspecified atom stereocenters. The Hall–Kier alpha value is -2.28. The van der Waals surface area contributed by atoms with E-state index < -0.39 is 34.6 Å². The lowest BCUT2D eigenvalue weighted by atomic mass is 9.46. The predicted molar refractivity (Wildman–Crippen MR) is 118 cm³/mol. The average Bonchev–Trinajstić information content (AvgIpc) is 3.03. The molecule has 3 saturated carbocycles. The molecule has 3 fully saturated rings. The molecule has 1 heterocycles. The second-order valence-corrected chi connectivity index (χ2v) is 11.0. The number of nitrogens with one attached hydrogen (secondary N) is 1. The number of hydrogen-bond acceptors (Lipinski definition) is 5. The van der Waals surface area contributed by atoms with E-state index in [1.165, 1.54) is 17.8 Å². The first kappa shape index (κ1) is 21.6. The highest BCUT2D eigenvalue weighted by molar-refractivity contribution is 5.91. The molecular weight excluding hydrogens is 408 g/mol. The SMILES string of the molecule is CC12CCC(=O)C=C1CCC1C2CCC2(C)C1CCC2(O)C(=O)Cn1c(=O)cc[nH]c1=O. The van der Waals surface area contributed by atoms with E-state index in [1.807, 2.05) is 13.0 Å². The highest BCUT2D eigenvalue weighted by Crippen LogP contribution is 2.67. The summed E-state index contributed by atoms with van der Waals surface area (Å²) >= 11 is 0. The molecule has 5 rings (SSSR count). The molecule has 0 aliphatic heterocycles. The zero-order valence-corrected chi connectivity index (χ0v) is 18.9. The minimum atomic E-state index is -1.54. The molecule has 0 aromatic carbocycles. The van der Waals surface area contributed by atoms with Crippen LogP contribution >= 0.6 is 0 Å². The van der Waals surface area contributed by atoms with E-state index >= 15 is 0 Å². The number of carbonyl (C=O) groups excluding carboxylic acids is 2. The minimum absolute atomic E-state index is 0.0352. The fraction of sp³-hybridized carbons (Fsp3) is 0.680. The van der Waals surface area contributed by atoms with E-state index in [9.17, 15) is 24.3 Å². The molecule has 2 N–H and O–H groups in total. The van der Waals surface area contributed by atoms with Gasteiger partial charge >= 0.3 is 5.69 Å². The second kappa shape index (κ2) is 7.11. The molecule has 4 aliphatic carbocycles. The number of rotatable bonds is 3. The molecule has 7 heteroatoms. The maximum atomic E-state index is 13.4. The lowest BCUT2D eigenvalue weighted by molar-refractivity contribution is -0.163. The number of allylic oxidation sites excluding steroid dienone is 1. The maximum Gasteiger partial charge on any atom is 0.328 e. The molecule has 172 valence electrons. The van der Waals surface area contributed by atoms with Crippen LogP contribution < -0.4 is 11.2 Å². The van der Waals surface area contributed by atoms with Gasteiger partial charge in [-0.3, -0.25) is 19.0 Å². The quantitative estimate of drug-likeness (QED) is 0.750. The Morgan fingerprint density at radius 3 is 2.59 bits per heavy atom. The molecule has 32 heavy (non-hydrogen) atoms. The van der Waals surface area contributed by atoms with Gasteiger partial charge in [0.25, 0.3) is 5.56 Å². The first-order chi connectivity index (χ1) is 15.1. The van der Waals surface area contributed by atoms with Gasteiger partial charge in [-0.05, 0) is 74.2 Å². The van der Waals surface area contributed by atoms with Gasteiger partial charge in [0.15, 0.2) is 11.6 Å². The molecule has 6 atom stereocenters. The number of carbonyl (C=O) groups is 2. The predicted octanol–water partition coefficient (Wildman–Crippen LogP) is 2.37. The molecule has 0 bridgehead atoms. The Kier molecular flexibility index (Phi) is 4.79. The molecule has 0 saturated heterocycles. The summed E-state index contributed by atoms with van der Waals surface area (Å²) in [6.07, 6.45) is 9.34. The number of aromatic nitrogens is 2. The van der Waals surface area contributed by atoms with Gasteiger partial charge < -0.3 is 10.1 Å². The van der Waals surface area contributed by atoms with Gasteiger partial charge in [0, 0.05) is 24.1 Å². The topological polar surface area (TPSA) is 109 Å². The smallest absolute Gasteiger partial charge is 0.328 e. The number of fused-ring (bicyclic) bond motifs is 5. The lowest BCUT2D eigenvalue weighted by Gasteiger charge is -2.58. The zero-order chi connectivity index (χ0) is 22.9. The van der Waals surface area contributed by atoms with E-state index in [2.05, 4.69) is 11.9 Å². The number of hydrogen-bond donors (Lipinski definition) is 2. The Morgan fingerprint density at radius 2 is 1.84 bits per heavy atom. The Balaban J connectivity index is 1.44. The number of ketones is 2. The van der Waals surface area contributed by atoms with Crippen LogP contribution in [-0.4, -0.2) is 31.8 Å². The zero-order valence-electron chi connectivity index (χ0n) is 18.9. The van der Waals surface area contributed by atoms with Crippen molar-refractivity contribution in [2.75, 3.05) is 0 Å². The summed E-state index contributed by atoms with van der Waals surface area (Å²) in [4.78, 5) is 52.0. The van der Waals surface area contributed by atoms with Gasteiger partial charge in [-0.15, -0.1) is 0 Å². The first-order valence-corrected chi connectivity index (χ1v) is 11.9. The van der Waals surface area contributed by atoms with Crippen LogP contribution in [0, 0.1) is 28.6 Å². The first-order valence-electron chi connectivity index (χ1n) is 11.9. The summed E-state index contributed by atoms with van der Waals surface area (Å²) in [5.74, 6) is 0.894. The molecule has 1 aromatic heterocycles. The Labute approximate surface area is 186 Å². The van der Waals surface area contributed by atoms with Crippen molar-refractivity contribution in [2.45, 2.75) is 77.4 Å². The van der Waals surface area contributed by atoms with Crippen LogP contribution in [0.5, 0.6) is 0 Å². The fourth-order valence-electron chi connectivity index (χ4n) is 7.91. The monoisotopic (exact) mass is 440 g/mol. The van der Waals surface area contributed by atoms with Crippen molar-refractivity contribution in [3.05, 3.63) is 44.8 Å². The molecular formula is C25H32N2O5. The largest absolute Gasteiger partial charge is 0.381 e. The summed E-state index contributed by atoms with van der Waals surface area (Å²) in [5.41, 5.74) is -1.95. The molecule has 0 radical (unpaired) electrons.